The first-order valence-corrected chi connectivity index (χ1v) is 6.73. The maximum absolute atomic E-state index is 11.7. The summed E-state index contributed by atoms with van der Waals surface area (Å²) in [6, 6.07) is 8.86. The first kappa shape index (κ1) is 13.0. The van der Waals surface area contributed by atoms with Crippen molar-refractivity contribution in [1.29, 1.82) is 0 Å². The number of nitrogens with one attached hydrogen (secondary N) is 1. The minimum Gasteiger partial charge on any atom is -0.384 e. The third-order valence-corrected chi connectivity index (χ3v) is 3.56. The van der Waals surface area contributed by atoms with Crippen molar-refractivity contribution in [2.24, 2.45) is 5.92 Å². The van der Waals surface area contributed by atoms with Crippen molar-refractivity contribution in [1.82, 2.24) is 0 Å². The molecule has 0 heterocycles. The minimum absolute atomic E-state index is 0. The predicted octanol–water partition coefficient (Wildman–Crippen LogP) is 1.96. The Hall–Kier alpha value is -1.07. The summed E-state index contributed by atoms with van der Waals surface area (Å²) in [6.07, 6.45) is 0. The maximum atomic E-state index is 11.7. The van der Waals surface area contributed by atoms with E-state index in [-0.39, 0.29) is 13.1 Å². The predicted molar refractivity (Wildman–Crippen MR) is 67.0 cm³/mol. The van der Waals surface area contributed by atoms with Crippen LogP contribution in [0.1, 0.15) is 8.35 Å². The van der Waals surface area contributed by atoms with Crippen molar-refractivity contribution in [3.8, 4) is 0 Å². The molecular weight excluding hydrogens is 226 g/mol. The molecule has 0 aromatic heterocycles. The largest absolute Gasteiger partial charge is 0.384 e. The van der Waals surface area contributed by atoms with Gasteiger partial charge in [-0.3, -0.25) is 4.72 Å². The van der Waals surface area contributed by atoms with Crippen LogP contribution in [0.3, 0.4) is 0 Å². The van der Waals surface area contributed by atoms with E-state index < -0.39 is 10.0 Å². The normalized spacial score (nSPS) is 13.4. The van der Waals surface area contributed by atoms with E-state index in [0.717, 1.165) is 0 Å². The smallest absolute Gasteiger partial charge is 0.233 e. The summed E-state index contributed by atoms with van der Waals surface area (Å²) in [5, 5.41) is 0. The number of ether oxygens (including phenoxy) is 1. The molecule has 92 valence electrons. The summed E-state index contributed by atoms with van der Waals surface area (Å²) in [6.45, 7) is 2.28. The number of benzene rings is 1. The summed E-state index contributed by atoms with van der Waals surface area (Å²) in [7, 11) is -1.72. The molecule has 16 heavy (non-hydrogen) atoms. The molecule has 0 bridgehead atoms. The molecule has 1 N–H and O–H groups in total. The maximum Gasteiger partial charge on any atom is 0.233 e. The van der Waals surface area contributed by atoms with Crippen molar-refractivity contribution in [2.45, 2.75) is 6.92 Å². The molecule has 0 saturated carbocycles. The average molecular weight is 245 g/mol. The highest BCUT2D eigenvalue weighted by Gasteiger charge is 2.15. The summed E-state index contributed by atoms with van der Waals surface area (Å²) in [5.41, 5.74) is 0.590. The van der Waals surface area contributed by atoms with Gasteiger partial charge in [-0.25, -0.2) is 8.42 Å². The van der Waals surface area contributed by atoms with Crippen LogP contribution >= 0.6 is 0 Å². The highest BCUT2D eigenvalue weighted by Crippen LogP contribution is 2.10. The zero-order valence-corrected chi connectivity index (χ0v) is 10.3. The van der Waals surface area contributed by atoms with Crippen LogP contribution in [0.15, 0.2) is 30.3 Å². The Bertz CT molecular complexity index is 408. The third-order valence-electron chi connectivity index (χ3n) is 2.00. The molecule has 1 aromatic carbocycles. The van der Waals surface area contributed by atoms with Crippen LogP contribution in [-0.2, 0) is 14.8 Å². The summed E-state index contributed by atoms with van der Waals surface area (Å²) < 4.78 is 30.9. The van der Waals surface area contributed by atoms with E-state index in [9.17, 15) is 8.42 Å². The molecule has 0 aliphatic carbocycles. The standard InChI is InChI=1S/C11H17NO3S.H2/c1-10(8-15-2)9-16(13,14)12-11-6-4-3-5-7-11;/h3-7,10,12H,8-9H2,1-2H3;1H. The van der Waals surface area contributed by atoms with Crippen LogP contribution in [0.25, 0.3) is 0 Å². The van der Waals surface area contributed by atoms with Crippen molar-refractivity contribution in [2.75, 3.05) is 24.2 Å². The Balaban J connectivity index is 0.00000256. The molecule has 1 rings (SSSR count). The van der Waals surface area contributed by atoms with Crippen molar-refractivity contribution in [3.05, 3.63) is 30.3 Å². The lowest BCUT2D eigenvalue weighted by Crippen LogP contribution is -2.23. The van der Waals surface area contributed by atoms with Crippen LogP contribution in [-0.4, -0.2) is 27.9 Å². The van der Waals surface area contributed by atoms with E-state index in [4.69, 9.17) is 4.74 Å². The second-order valence-electron chi connectivity index (χ2n) is 3.81. The molecule has 0 radical (unpaired) electrons. The number of anilines is 1. The fourth-order valence-corrected chi connectivity index (χ4v) is 2.86. The van der Waals surface area contributed by atoms with Gasteiger partial charge in [0.05, 0.1) is 5.75 Å². The van der Waals surface area contributed by atoms with E-state index in [1.807, 2.05) is 13.0 Å². The van der Waals surface area contributed by atoms with Gasteiger partial charge in [0, 0.05) is 20.8 Å². The SMILES string of the molecule is COCC(C)CS(=O)(=O)Nc1ccccc1.[HH]. The quantitative estimate of drug-likeness (QED) is 0.833. The molecule has 5 heteroatoms. The number of hydrogen-bond acceptors (Lipinski definition) is 3. The lowest BCUT2D eigenvalue weighted by atomic mass is 10.2. The van der Waals surface area contributed by atoms with Gasteiger partial charge in [-0.15, -0.1) is 0 Å². The monoisotopic (exact) mass is 245 g/mol. The fraction of sp³-hybridized carbons (Fsp3) is 0.455. The van der Waals surface area contributed by atoms with Gasteiger partial charge in [0.15, 0.2) is 0 Å². The van der Waals surface area contributed by atoms with Crippen LogP contribution < -0.4 is 4.72 Å². The molecule has 0 aliphatic rings. The van der Waals surface area contributed by atoms with E-state index in [1.165, 1.54) is 0 Å². The molecule has 4 nitrogen and oxygen atoms in total. The van der Waals surface area contributed by atoms with Gasteiger partial charge in [0.2, 0.25) is 10.0 Å². The molecular formula is C11H19NO3S. The number of para-hydroxylation sites is 1. The summed E-state index contributed by atoms with van der Waals surface area (Å²) >= 11 is 0. The second-order valence-corrected chi connectivity index (χ2v) is 5.58. The Morgan fingerprint density at radius 3 is 2.56 bits per heavy atom. The number of rotatable bonds is 6. The van der Waals surface area contributed by atoms with Gasteiger partial charge in [-0.1, -0.05) is 25.1 Å². The van der Waals surface area contributed by atoms with Gasteiger partial charge in [0.1, 0.15) is 0 Å². The Kier molecular flexibility index (Phi) is 4.76. The van der Waals surface area contributed by atoms with Gasteiger partial charge >= 0.3 is 0 Å². The molecule has 1 unspecified atom stereocenters. The van der Waals surface area contributed by atoms with Crippen molar-refractivity contribution >= 4 is 15.7 Å². The molecule has 0 amide bonds. The van der Waals surface area contributed by atoms with E-state index in [0.29, 0.717) is 12.3 Å². The molecule has 1 atom stereocenters. The number of sulfonamides is 1. The van der Waals surface area contributed by atoms with Gasteiger partial charge in [0.25, 0.3) is 0 Å². The first-order chi connectivity index (χ1) is 7.53. The van der Waals surface area contributed by atoms with Crippen LogP contribution in [0.4, 0.5) is 5.69 Å². The van der Waals surface area contributed by atoms with Crippen LogP contribution in [0, 0.1) is 5.92 Å². The van der Waals surface area contributed by atoms with E-state index in [1.54, 1.807) is 31.4 Å². The lowest BCUT2D eigenvalue weighted by molar-refractivity contribution is 0.167. The second kappa shape index (κ2) is 5.86. The Morgan fingerprint density at radius 1 is 1.38 bits per heavy atom. The fourth-order valence-electron chi connectivity index (χ4n) is 1.43. The van der Waals surface area contributed by atoms with Crippen molar-refractivity contribution in [3.63, 3.8) is 0 Å². The van der Waals surface area contributed by atoms with E-state index in [2.05, 4.69) is 4.72 Å². The van der Waals surface area contributed by atoms with Gasteiger partial charge < -0.3 is 4.74 Å². The topological polar surface area (TPSA) is 55.4 Å². The average Bonchev–Trinajstić information content (AvgIpc) is 2.17. The third kappa shape index (κ3) is 4.63. The highest BCUT2D eigenvalue weighted by molar-refractivity contribution is 7.92. The summed E-state index contributed by atoms with van der Waals surface area (Å²) in [5.74, 6) is 0.0432. The minimum atomic E-state index is -3.29. The molecule has 0 saturated heterocycles. The van der Waals surface area contributed by atoms with Gasteiger partial charge in [-0.2, -0.15) is 0 Å². The van der Waals surface area contributed by atoms with Gasteiger partial charge in [-0.05, 0) is 18.1 Å². The lowest BCUT2D eigenvalue weighted by Gasteiger charge is -2.12. The summed E-state index contributed by atoms with van der Waals surface area (Å²) in [4.78, 5) is 0. The van der Waals surface area contributed by atoms with Crippen LogP contribution in [0.2, 0.25) is 0 Å². The number of hydrogen-bond donors (Lipinski definition) is 1. The highest BCUT2D eigenvalue weighted by atomic mass is 32.2. The Labute approximate surface area is 98.2 Å². The van der Waals surface area contributed by atoms with Crippen LogP contribution in [0.5, 0.6) is 0 Å². The van der Waals surface area contributed by atoms with Crippen molar-refractivity contribution < 1.29 is 14.6 Å². The molecule has 0 aliphatic heterocycles. The molecule has 0 fully saturated rings. The zero-order valence-electron chi connectivity index (χ0n) is 9.51. The zero-order chi connectivity index (χ0) is 12.0. The molecule has 0 spiro atoms. The number of methoxy groups -OCH3 is 1. The first-order valence-electron chi connectivity index (χ1n) is 5.08. The Morgan fingerprint density at radius 2 is 2.00 bits per heavy atom. The van der Waals surface area contributed by atoms with E-state index >= 15 is 0 Å². The molecule has 1 aromatic rings.